The Hall–Kier alpha value is -3.29. The van der Waals surface area contributed by atoms with Crippen molar-refractivity contribution in [3.8, 4) is 23.0 Å². The predicted molar refractivity (Wildman–Crippen MR) is 116 cm³/mol. The zero-order valence-electron chi connectivity index (χ0n) is 17.9. The van der Waals surface area contributed by atoms with Gasteiger partial charge in [0.25, 0.3) is 0 Å². The molecule has 0 saturated carbocycles. The van der Waals surface area contributed by atoms with Crippen molar-refractivity contribution in [2.24, 2.45) is 5.92 Å². The van der Waals surface area contributed by atoms with Crippen molar-refractivity contribution in [2.45, 2.75) is 12.8 Å². The molecule has 31 heavy (non-hydrogen) atoms. The average molecular weight is 427 g/mol. The number of piperidine rings is 1. The van der Waals surface area contributed by atoms with Crippen LogP contribution < -0.4 is 23.8 Å². The highest BCUT2D eigenvalue weighted by Gasteiger charge is 2.26. The minimum Gasteiger partial charge on any atom is -0.493 e. The molecule has 164 valence electrons. The number of methoxy groups -OCH3 is 3. The molecular formula is C23H26FN3O4. The summed E-state index contributed by atoms with van der Waals surface area (Å²) in [6, 6.07) is 8.03. The van der Waals surface area contributed by atoms with E-state index in [1.807, 2.05) is 6.07 Å². The molecule has 7 nitrogen and oxygen atoms in total. The molecule has 4 rings (SSSR count). The second kappa shape index (κ2) is 9.24. The first kappa shape index (κ1) is 21.0. The van der Waals surface area contributed by atoms with E-state index in [9.17, 15) is 4.39 Å². The number of anilines is 1. The van der Waals surface area contributed by atoms with E-state index in [2.05, 4.69) is 15.1 Å². The summed E-state index contributed by atoms with van der Waals surface area (Å²) >= 11 is 0. The molecular weight excluding hydrogens is 401 g/mol. The second-order valence-electron chi connectivity index (χ2n) is 7.49. The number of nitrogens with zero attached hydrogens (tertiary/aromatic N) is 3. The number of hydrogen-bond acceptors (Lipinski definition) is 7. The Bertz CT molecular complexity index is 1050. The van der Waals surface area contributed by atoms with E-state index in [0.29, 0.717) is 35.5 Å². The third-order valence-corrected chi connectivity index (χ3v) is 5.57. The molecule has 1 aliphatic heterocycles. The smallest absolute Gasteiger partial charge is 0.204 e. The van der Waals surface area contributed by atoms with Gasteiger partial charge >= 0.3 is 0 Å². The Labute approximate surface area is 180 Å². The van der Waals surface area contributed by atoms with Crippen LogP contribution in [0.4, 0.5) is 10.2 Å². The van der Waals surface area contributed by atoms with E-state index in [4.69, 9.17) is 18.9 Å². The van der Waals surface area contributed by atoms with E-state index < -0.39 is 0 Å². The summed E-state index contributed by atoms with van der Waals surface area (Å²) < 4.78 is 35.6. The van der Waals surface area contributed by atoms with E-state index in [-0.39, 0.29) is 5.82 Å². The Kier molecular flexibility index (Phi) is 6.25. The van der Waals surface area contributed by atoms with E-state index in [1.165, 1.54) is 12.1 Å². The molecule has 0 spiro atoms. The van der Waals surface area contributed by atoms with Crippen molar-refractivity contribution >= 4 is 16.6 Å². The van der Waals surface area contributed by atoms with Crippen LogP contribution in [0.2, 0.25) is 0 Å². The van der Waals surface area contributed by atoms with Crippen LogP contribution in [-0.2, 0) is 0 Å². The first-order valence-corrected chi connectivity index (χ1v) is 10.2. The summed E-state index contributed by atoms with van der Waals surface area (Å²) in [4.78, 5) is 2.23. The Morgan fingerprint density at radius 2 is 1.81 bits per heavy atom. The van der Waals surface area contributed by atoms with Gasteiger partial charge < -0.3 is 23.8 Å². The summed E-state index contributed by atoms with van der Waals surface area (Å²) in [7, 11) is 4.78. The lowest BCUT2D eigenvalue weighted by molar-refractivity contribution is 0.228. The maximum absolute atomic E-state index is 13.1. The van der Waals surface area contributed by atoms with Crippen LogP contribution in [0.15, 0.2) is 36.5 Å². The van der Waals surface area contributed by atoms with Crippen LogP contribution in [0, 0.1) is 11.7 Å². The molecule has 1 unspecified atom stereocenters. The highest BCUT2D eigenvalue weighted by atomic mass is 19.1. The van der Waals surface area contributed by atoms with Crippen LogP contribution >= 0.6 is 0 Å². The van der Waals surface area contributed by atoms with Crippen molar-refractivity contribution in [2.75, 3.05) is 45.9 Å². The van der Waals surface area contributed by atoms with Crippen molar-refractivity contribution in [3.05, 3.63) is 42.3 Å². The zero-order valence-corrected chi connectivity index (χ0v) is 17.9. The maximum atomic E-state index is 13.1. The van der Waals surface area contributed by atoms with Gasteiger partial charge in [-0.2, -0.15) is 5.10 Å². The third-order valence-electron chi connectivity index (χ3n) is 5.57. The molecule has 1 saturated heterocycles. The minimum absolute atomic E-state index is 0.270. The van der Waals surface area contributed by atoms with Gasteiger partial charge in [0.1, 0.15) is 11.6 Å². The molecule has 0 N–H and O–H groups in total. The topological polar surface area (TPSA) is 65.9 Å². The quantitative estimate of drug-likeness (QED) is 0.563. The largest absolute Gasteiger partial charge is 0.493 e. The van der Waals surface area contributed by atoms with Crippen molar-refractivity contribution in [1.29, 1.82) is 0 Å². The molecule has 1 atom stereocenters. The van der Waals surface area contributed by atoms with Gasteiger partial charge in [0, 0.05) is 24.4 Å². The maximum Gasteiger partial charge on any atom is 0.204 e. The standard InChI is InChI=1S/C23H26FN3O4/c1-28-20-11-18-19(21(29-2)22(20)30-3)12-25-26-23(18)27-10-4-5-15(13-27)14-31-17-8-6-16(24)7-9-17/h6-9,11-12,15H,4-5,10,13-14H2,1-3H3. The average Bonchev–Trinajstić information content (AvgIpc) is 2.82. The molecule has 1 aromatic heterocycles. The van der Waals surface area contributed by atoms with Gasteiger partial charge in [-0.1, -0.05) is 0 Å². The highest BCUT2D eigenvalue weighted by Crippen LogP contribution is 2.45. The molecule has 2 heterocycles. The number of aromatic nitrogens is 2. The summed E-state index contributed by atoms with van der Waals surface area (Å²) in [6.07, 6.45) is 3.75. The monoisotopic (exact) mass is 427 g/mol. The van der Waals surface area contributed by atoms with Gasteiger partial charge in [-0.3, -0.25) is 0 Å². The van der Waals surface area contributed by atoms with E-state index in [1.54, 1.807) is 39.7 Å². The fourth-order valence-corrected chi connectivity index (χ4v) is 4.06. The first-order chi connectivity index (χ1) is 15.1. The molecule has 0 bridgehead atoms. The SMILES string of the molecule is COc1cc2c(N3CCCC(COc4ccc(F)cc4)C3)nncc2c(OC)c1OC. The fourth-order valence-electron chi connectivity index (χ4n) is 4.06. The second-order valence-corrected chi connectivity index (χ2v) is 7.49. The molecule has 8 heteroatoms. The minimum atomic E-state index is -0.270. The lowest BCUT2D eigenvalue weighted by Crippen LogP contribution is -2.38. The van der Waals surface area contributed by atoms with Gasteiger partial charge in [-0.15, -0.1) is 5.10 Å². The van der Waals surface area contributed by atoms with Gasteiger partial charge in [-0.25, -0.2) is 4.39 Å². The normalized spacial score (nSPS) is 16.3. The van der Waals surface area contributed by atoms with Crippen LogP contribution in [0.3, 0.4) is 0 Å². The van der Waals surface area contributed by atoms with Crippen LogP contribution in [0.25, 0.3) is 10.8 Å². The lowest BCUT2D eigenvalue weighted by atomic mass is 9.98. The molecule has 0 radical (unpaired) electrons. The van der Waals surface area contributed by atoms with Gasteiger partial charge in [0.2, 0.25) is 5.75 Å². The highest BCUT2D eigenvalue weighted by molar-refractivity contribution is 5.99. The number of rotatable bonds is 7. The molecule has 1 aliphatic rings. The number of hydrogen-bond donors (Lipinski definition) is 0. The molecule has 0 amide bonds. The van der Waals surface area contributed by atoms with Crippen LogP contribution in [0.1, 0.15) is 12.8 Å². The zero-order chi connectivity index (χ0) is 21.8. The van der Waals surface area contributed by atoms with Gasteiger partial charge in [-0.05, 0) is 43.2 Å². The summed E-state index contributed by atoms with van der Waals surface area (Å²) in [5.74, 6) is 3.18. The summed E-state index contributed by atoms with van der Waals surface area (Å²) in [5.41, 5.74) is 0. The van der Waals surface area contributed by atoms with Crippen LogP contribution in [-0.4, -0.2) is 51.2 Å². The van der Waals surface area contributed by atoms with Gasteiger partial charge in [0.05, 0.1) is 39.5 Å². The van der Waals surface area contributed by atoms with Crippen molar-refractivity contribution in [1.82, 2.24) is 10.2 Å². The van der Waals surface area contributed by atoms with E-state index in [0.717, 1.165) is 42.5 Å². The number of ether oxygens (including phenoxy) is 4. The van der Waals surface area contributed by atoms with Crippen LogP contribution in [0.5, 0.6) is 23.0 Å². The van der Waals surface area contributed by atoms with Crippen molar-refractivity contribution < 1.29 is 23.3 Å². The lowest BCUT2D eigenvalue weighted by Gasteiger charge is -2.33. The number of benzene rings is 2. The molecule has 1 fully saturated rings. The fraction of sp³-hybridized carbons (Fsp3) is 0.391. The van der Waals surface area contributed by atoms with Crippen molar-refractivity contribution in [3.63, 3.8) is 0 Å². The molecule has 2 aromatic carbocycles. The summed E-state index contributed by atoms with van der Waals surface area (Å²) in [6.45, 7) is 2.21. The van der Waals surface area contributed by atoms with E-state index >= 15 is 0 Å². The molecule has 3 aromatic rings. The Morgan fingerprint density at radius 3 is 2.52 bits per heavy atom. The van der Waals surface area contributed by atoms with Gasteiger partial charge in [0.15, 0.2) is 17.3 Å². The number of fused-ring (bicyclic) bond motifs is 1. The first-order valence-electron chi connectivity index (χ1n) is 10.2. The third kappa shape index (κ3) is 4.28. The molecule has 0 aliphatic carbocycles. The Balaban J connectivity index is 1.59. The summed E-state index contributed by atoms with van der Waals surface area (Å²) in [5, 5.41) is 10.4. The Morgan fingerprint density at radius 1 is 1.03 bits per heavy atom. The number of halogens is 1. The predicted octanol–water partition coefficient (Wildman–Crippen LogP) is 4.09.